The van der Waals surface area contributed by atoms with Crippen LogP contribution in [0.1, 0.15) is 0 Å². The van der Waals surface area contributed by atoms with E-state index in [9.17, 15) is 4.57 Å². The van der Waals surface area contributed by atoms with Gasteiger partial charge in [-0.05, 0) is 36.4 Å². The van der Waals surface area contributed by atoms with Gasteiger partial charge in [0.25, 0.3) is 0 Å². The summed E-state index contributed by atoms with van der Waals surface area (Å²) in [6, 6.07) is 26.7. The first-order chi connectivity index (χ1) is 12.2. The van der Waals surface area contributed by atoms with Crippen molar-refractivity contribution >= 4 is 19.2 Å². The third-order valence-electron chi connectivity index (χ3n) is 3.06. The van der Waals surface area contributed by atoms with Gasteiger partial charge in [0.2, 0.25) is 0 Å². The molecule has 0 bridgehead atoms. The fourth-order valence-electron chi connectivity index (χ4n) is 1.90. The van der Waals surface area contributed by atoms with E-state index < -0.39 is 7.82 Å². The molecule has 7 heteroatoms. The maximum absolute atomic E-state index is 12.9. The Morgan fingerprint density at radius 3 is 1.44 bits per heavy atom. The molecule has 0 atom stereocenters. The molecule has 0 aromatic heterocycles. The maximum atomic E-state index is 12.9. The molecular weight excluding hydrogens is 339 g/mol. The zero-order valence-corrected chi connectivity index (χ0v) is 14.1. The third kappa shape index (κ3) is 5.36. The Morgan fingerprint density at radius 1 is 0.600 bits per heavy atom. The number of hydrogen-bond donors (Lipinski definition) is 2. The van der Waals surface area contributed by atoms with Gasteiger partial charge in [-0.25, -0.2) is 4.57 Å². The molecule has 6 nitrogen and oxygen atoms in total. The SMILES string of the molecule is O=P(ONc1ccccc1)(ONc1ccccc1)Oc1ccccc1. The van der Waals surface area contributed by atoms with E-state index in [4.69, 9.17) is 13.8 Å². The van der Waals surface area contributed by atoms with Crippen molar-refractivity contribution in [2.75, 3.05) is 11.0 Å². The zero-order valence-electron chi connectivity index (χ0n) is 13.2. The molecule has 0 spiro atoms. The predicted octanol–water partition coefficient (Wildman–Crippen LogP) is 5.26. The average Bonchev–Trinajstić information content (AvgIpc) is 2.68. The van der Waals surface area contributed by atoms with Crippen LogP contribution >= 0.6 is 7.82 Å². The Hall–Kier alpha value is -2.79. The van der Waals surface area contributed by atoms with E-state index in [1.165, 1.54) is 0 Å². The van der Waals surface area contributed by atoms with Crippen molar-refractivity contribution in [3.05, 3.63) is 91.0 Å². The van der Waals surface area contributed by atoms with Gasteiger partial charge in [0.05, 0.1) is 11.4 Å². The summed E-state index contributed by atoms with van der Waals surface area (Å²) >= 11 is 0. The van der Waals surface area contributed by atoms with Gasteiger partial charge in [0, 0.05) is 0 Å². The first-order valence-electron chi connectivity index (χ1n) is 7.57. The lowest BCUT2D eigenvalue weighted by molar-refractivity contribution is 0.207. The van der Waals surface area contributed by atoms with E-state index in [1.54, 1.807) is 48.5 Å². The summed E-state index contributed by atoms with van der Waals surface area (Å²) in [6.07, 6.45) is 0. The second kappa shape index (κ2) is 8.35. The molecule has 0 saturated carbocycles. The van der Waals surface area contributed by atoms with Gasteiger partial charge < -0.3 is 4.52 Å². The molecule has 0 fully saturated rings. The number of anilines is 2. The Bertz CT molecular complexity index is 769. The van der Waals surface area contributed by atoms with Crippen LogP contribution in [0.4, 0.5) is 11.4 Å². The van der Waals surface area contributed by atoms with E-state index in [1.807, 2.05) is 42.5 Å². The molecule has 2 N–H and O–H groups in total. The molecule has 3 rings (SSSR count). The molecule has 0 aliphatic rings. The van der Waals surface area contributed by atoms with Crippen LogP contribution in [0.3, 0.4) is 0 Å². The van der Waals surface area contributed by atoms with Crippen molar-refractivity contribution in [1.82, 2.24) is 0 Å². The molecule has 0 radical (unpaired) electrons. The normalized spacial score (nSPS) is 10.9. The number of benzene rings is 3. The molecule has 25 heavy (non-hydrogen) atoms. The first-order valence-corrected chi connectivity index (χ1v) is 9.04. The van der Waals surface area contributed by atoms with Crippen LogP contribution in [0.25, 0.3) is 0 Å². The highest BCUT2D eigenvalue weighted by Crippen LogP contribution is 2.49. The van der Waals surface area contributed by atoms with Crippen LogP contribution < -0.4 is 15.5 Å². The molecule has 0 saturated heterocycles. The van der Waals surface area contributed by atoms with Crippen molar-refractivity contribution in [3.63, 3.8) is 0 Å². The molecule has 0 amide bonds. The molecule has 0 aliphatic heterocycles. The summed E-state index contributed by atoms with van der Waals surface area (Å²) in [5.74, 6) is 0.357. The number of para-hydroxylation sites is 3. The second-order valence-electron chi connectivity index (χ2n) is 4.97. The van der Waals surface area contributed by atoms with Gasteiger partial charge in [0.1, 0.15) is 5.75 Å². The fourth-order valence-corrected chi connectivity index (χ4v) is 2.82. The second-order valence-corrected chi connectivity index (χ2v) is 6.41. The lowest BCUT2D eigenvalue weighted by Crippen LogP contribution is -2.10. The van der Waals surface area contributed by atoms with Crippen LogP contribution in [0.5, 0.6) is 5.75 Å². The highest BCUT2D eigenvalue weighted by atomic mass is 31.2. The van der Waals surface area contributed by atoms with E-state index in [0.717, 1.165) is 0 Å². The summed E-state index contributed by atoms with van der Waals surface area (Å²) < 4.78 is 28.8. The lowest BCUT2D eigenvalue weighted by atomic mass is 10.3. The minimum Gasteiger partial charge on any atom is -0.402 e. The van der Waals surface area contributed by atoms with Crippen LogP contribution in [-0.4, -0.2) is 0 Å². The molecule has 3 aromatic rings. The van der Waals surface area contributed by atoms with E-state index in [0.29, 0.717) is 17.1 Å². The van der Waals surface area contributed by atoms with Crippen molar-refractivity contribution < 1.29 is 18.3 Å². The lowest BCUT2D eigenvalue weighted by Gasteiger charge is -2.19. The van der Waals surface area contributed by atoms with Gasteiger partial charge in [-0.2, -0.15) is 9.25 Å². The largest absolute Gasteiger partial charge is 0.573 e. The monoisotopic (exact) mass is 356 g/mol. The summed E-state index contributed by atoms with van der Waals surface area (Å²) in [4.78, 5) is 0. The number of phosphoric acid groups is 1. The van der Waals surface area contributed by atoms with Gasteiger partial charge in [-0.1, -0.05) is 54.6 Å². The molecule has 3 aromatic carbocycles. The van der Waals surface area contributed by atoms with E-state index in [-0.39, 0.29) is 0 Å². The summed E-state index contributed by atoms with van der Waals surface area (Å²) in [5.41, 5.74) is 6.40. The fraction of sp³-hybridized carbons (Fsp3) is 0. The van der Waals surface area contributed by atoms with Crippen molar-refractivity contribution in [1.29, 1.82) is 0 Å². The minimum absolute atomic E-state index is 0.357. The van der Waals surface area contributed by atoms with Gasteiger partial charge >= 0.3 is 7.82 Å². The molecular formula is C18H17N2O4P. The third-order valence-corrected chi connectivity index (χ3v) is 4.12. The Morgan fingerprint density at radius 2 is 1.00 bits per heavy atom. The number of hydrogen-bond acceptors (Lipinski definition) is 6. The maximum Gasteiger partial charge on any atom is 0.573 e. The molecule has 0 unspecified atom stereocenters. The highest BCUT2D eigenvalue weighted by Gasteiger charge is 2.31. The van der Waals surface area contributed by atoms with Gasteiger partial charge in [-0.15, -0.1) is 0 Å². The van der Waals surface area contributed by atoms with E-state index in [2.05, 4.69) is 11.0 Å². The molecule has 128 valence electrons. The number of rotatable bonds is 8. The van der Waals surface area contributed by atoms with E-state index >= 15 is 0 Å². The first kappa shape index (κ1) is 17.0. The minimum atomic E-state index is -3.99. The Labute approximate surface area is 145 Å². The summed E-state index contributed by atoms with van der Waals surface area (Å²) in [7, 11) is -3.99. The highest BCUT2D eigenvalue weighted by molar-refractivity contribution is 7.49. The Kier molecular flexibility index (Phi) is 5.69. The molecule has 0 aliphatic carbocycles. The average molecular weight is 356 g/mol. The van der Waals surface area contributed by atoms with Gasteiger partial charge in [0.15, 0.2) is 0 Å². The van der Waals surface area contributed by atoms with Gasteiger partial charge in [-0.3, -0.25) is 11.0 Å². The van der Waals surface area contributed by atoms with Crippen LogP contribution in [-0.2, 0) is 13.8 Å². The van der Waals surface area contributed by atoms with Crippen molar-refractivity contribution in [2.45, 2.75) is 0 Å². The predicted molar refractivity (Wildman–Crippen MR) is 97.0 cm³/mol. The quantitative estimate of drug-likeness (QED) is 0.424. The smallest absolute Gasteiger partial charge is 0.402 e. The summed E-state index contributed by atoms with van der Waals surface area (Å²) in [5, 5.41) is 0. The van der Waals surface area contributed by atoms with Crippen LogP contribution in [0.2, 0.25) is 0 Å². The van der Waals surface area contributed by atoms with Crippen molar-refractivity contribution in [2.24, 2.45) is 0 Å². The zero-order chi connectivity index (χ0) is 17.4. The summed E-state index contributed by atoms with van der Waals surface area (Å²) in [6.45, 7) is 0. The Balaban J connectivity index is 1.71. The van der Waals surface area contributed by atoms with Crippen molar-refractivity contribution in [3.8, 4) is 5.75 Å². The molecule has 0 heterocycles. The number of nitrogens with one attached hydrogen (secondary N) is 2. The standard InChI is InChI=1S/C18H17N2O4P/c21-25(22-18-14-8-3-9-15-18,23-19-16-10-4-1-5-11-16)24-20-17-12-6-2-7-13-17/h1-15,19-20H. The van der Waals surface area contributed by atoms with Crippen LogP contribution in [0, 0.1) is 0 Å². The topological polar surface area (TPSA) is 68.8 Å². The van der Waals surface area contributed by atoms with Crippen LogP contribution in [0.15, 0.2) is 91.0 Å².